The third kappa shape index (κ3) is 2.29. The van der Waals surface area contributed by atoms with E-state index in [2.05, 4.69) is 0 Å². The smallest absolute Gasteiger partial charge is 0.206 e. The maximum Gasteiger partial charge on any atom is 0.265 e. The van der Waals surface area contributed by atoms with Crippen LogP contribution in [0.15, 0.2) is 42.5 Å². The molecule has 0 spiro atoms. The van der Waals surface area contributed by atoms with Gasteiger partial charge in [0, 0.05) is 16.7 Å². The van der Waals surface area contributed by atoms with E-state index in [0.717, 1.165) is 0 Å². The fourth-order valence-corrected chi connectivity index (χ4v) is 1.92. The molecule has 0 saturated heterocycles. The summed E-state index contributed by atoms with van der Waals surface area (Å²) in [5.74, 6) is -0.485. The standard InChI is InChI=1S/C13H8ClF3/c14-12-9(5-3-6-10(12)13(16)17)8-4-1-2-7-11(8)15/h1-7,13H. The van der Waals surface area contributed by atoms with E-state index in [-0.39, 0.29) is 21.7 Å². The molecule has 0 nitrogen and oxygen atoms in total. The molecule has 0 aromatic heterocycles. The molecule has 0 aliphatic carbocycles. The van der Waals surface area contributed by atoms with Crippen molar-refractivity contribution in [3.63, 3.8) is 0 Å². The van der Waals surface area contributed by atoms with Crippen LogP contribution in [0.4, 0.5) is 13.2 Å². The lowest BCUT2D eigenvalue weighted by molar-refractivity contribution is 0.151. The zero-order valence-electron chi connectivity index (χ0n) is 8.63. The van der Waals surface area contributed by atoms with Crippen molar-refractivity contribution in [3.05, 3.63) is 58.9 Å². The van der Waals surface area contributed by atoms with Crippen molar-refractivity contribution in [2.24, 2.45) is 0 Å². The molecule has 17 heavy (non-hydrogen) atoms. The number of rotatable bonds is 2. The van der Waals surface area contributed by atoms with E-state index in [9.17, 15) is 13.2 Å². The van der Waals surface area contributed by atoms with Gasteiger partial charge in [-0.25, -0.2) is 13.2 Å². The quantitative estimate of drug-likeness (QED) is 0.703. The Hall–Kier alpha value is -1.48. The first-order valence-corrected chi connectivity index (χ1v) is 5.30. The number of halogens is 4. The Kier molecular flexibility index (Phi) is 3.38. The van der Waals surface area contributed by atoms with E-state index in [1.54, 1.807) is 6.07 Å². The summed E-state index contributed by atoms with van der Waals surface area (Å²) in [6, 6.07) is 10.1. The summed E-state index contributed by atoms with van der Waals surface area (Å²) < 4.78 is 38.8. The van der Waals surface area contributed by atoms with Crippen LogP contribution in [0.2, 0.25) is 5.02 Å². The van der Waals surface area contributed by atoms with Gasteiger partial charge in [-0.2, -0.15) is 0 Å². The zero-order chi connectivity index (χ0) is 12.4. The number of hydrogen-bond acceptors (Lipinski definition) is 0. The summed E-state index contributed by atoms with van der Waals surface area (Å²) in [7, 11) is 0. The second-order valence-corrected chi connectivity index (χ2v) is 3.87. The van der Waals surface area contributed by atoms with E-state index in [1.165, 1.54) is 36.4 Å². The molecular weight excluding hydrogens is 249 g/mol. The number of alkyl halides is 2. The van der Waals surface area contributed by atoms with Gasteiger partial charge in [0.1, 0.15) is 5.82 Å². The monoisotopic (exact) mass is 256 g/mol. The Morgan fingerprint density at radius 3 is 2.18 bits per heavy atom. The molecule has 0 aliphatic rings. The molecule has 0 amide bonds. The van der Waals surface area contributed by atoms with Gasteiger partial charge in [0.05, 0.1) is 5.02 Å². The molecule has 0 atom stereocenters. The van der Waals surface area contributed by atoms with Crippen molar-refractivity contribution in [2.45, 2.75) is 6.43 Å². The van der Waals surface area contributed by atoms with E-state index in [1.807, 2.05) is 0 Å². The van der Waals surface area contributed by atoms with Crippen LogP contribution in [0.3, 0.4) is 0 Å². The van der Waals surface area contributed by atoms with Crippen molar-refractivity contribution < 1.29 is 13.2 Å². The lowest BCUT2D eigenvalue weighted by Gasteiger charge is -2.09. The predicted octanol–water partition coefficient (Wildman–Crippen LogP) is 5.08. The first kappa shape index (κ1) is 12.0. The number of benzene rings is 2. The summed E-state index contributed by atoms with van der Waals surface area (Å²) in [5.41, 5.74) is 0.218. The van der Waals surface area contributed by atoms with Gasteiger partial charge >= 0.3 is 0 Å². The summed E-state index contributed by atoms with van der Waals surface area (Å²) in [6.07, 6.45) is -2.67. The summed E-state index contributed by atoms with van der Waals surface area (Å²) >= 11 is 5.86. The Balaban J connectivity index is 2.61. The topological polar surface area (TPSA) is 0 Å². The average molecular weight is 257 g/mol. The lowest BCUT2D eigenvalue weighted by atomic mass is 10.0. The maximum absolute atomic E-state index is 13.5. The van der Waals surface area contributed by atoms with E-state index in [0.29, 0.717) is 0 Å². The third-order valence-corrected chi connectivity index (χ3v) is 2.85. The molecule has 4 heteroatoms. The SMILES string of the molecule is Fc1ccccc1-c1cccc(C(F)F)c1Cl. The largest absolute Gasteiger partial charge is 0.265 e. The van der Waals surface area contributed by atoms with E-state index in [4.69, 9.17) is 11.6 Å². The van der Waals surface area contributed by atoms with Gasteiger partial charge in [-0.05, 0) is 6.07 Å². The second-order valence-electron chi connectivity index (χ2n) is 3.49. The molecule has 0 radical (unpaired) electrons. The first-order chi connectivity index (χ1) is 8.11. The highest BCUT2D eigenvalue weighted by Gasteiger charge is 2.16. The van der Waals surface area contributed by atoms with Gasteiger partial charge in [-0.3, -0.25) is 0 Å². The van der Waals surface area contributed by atoms with Crippen LogP contribution in [0.5, 0.6) is 0 Å². The molecule has 0 heterocycles. The molecule has 2 rings (SSSR count). The van der Waals surface area contributed by atoms with Crippen molar-refractivity contribution in [2.75, 3.05) is 0 Å². The van der Waals surface area contributed by atoms with Gasteiger partial charge < -0.3 is 0 Å². The van der Waals surface area contributed by atoms with Crippen molar-refractivity contribution in [3.8, 4) is 11.1 Å². The normalized spacial score (nSPS) is 10.9. The van der Waals surface area contributed by atoms with E-state index >= 15 is 0 Å². The van der Waals surface area contributed by atoms with Crippen LogP contribution in [0.25, 0.3) is 11.1 Å². The zero-order valence-corrected chi connectivity index (χ0v) is 9.39. The summed E-state index contributed by atoms with van der Waals surface area (Å²) in [4.78, 5) is 0. The molecule has 0 N–H and O–H groups in total. The molecule has 0 saturated carbocycles. The summed E-state index contributed by atoms with van der Waals surface area (Å²) in [5, 5.41) is -0.104. The van der Waals surface area contributed by atoms with Crippen molar-refractivity contribution in [1.82, 2.24) is 0 Å². The minimum Gasteiger partial charge on any atom is -0.206 e. The minimum atomic E-state index is -2.67. The highest BCUT2D eigenvalue weighted by atomic mass is 35.5. The van der Waals surface area contributed by atoms with Crippen molar-refractivity contribution in [1.29, 1.82) is 0 Å². The fourth-order valence-electron chi connectivity index (χ4n) is 1.61. The van der Waals surface area contributed by atoms with E-state index < -0.39 is 12.2 Å². The second kappa shape index (κ2) is 4.80. The lowest BCUT2D eigenvalue weighted by Crippen LogP contribution is -1.90. The fraction of sp³-hybridized carbons (Fsp3) is 0.0769. The Labute approximate surface area is 102 Å². The van der Waals surface area contributed by atoms with Gasteiger partial charge in [0.15, 0.2) is 0 Å². The average Bonchev–Trinajstić information content (AvgIpc) is 2.30. The Morgan fingerprint density at radius 2 is 1.53 bits per heavy atom. The van der Waals surface area contributed by atoms with Crippen molar-refractivity contribution >= 4 is 11.6 Å². The highest BCUT2D eigenvalue weighted by Crippen LogP contribution is 2.36. The highest BCUT2D eigenvalue weighted by molar-refractivity contribution is 6.34. The van der Waals surface area contributed by atoms with Gasteiger partial charge in [-0.15, -0.1) is 0 Å². The molecule has 0 bridgehead atoms. The van der Waals surface area contributed by atoms with Crippen LogP contribution >= 0.6 is 11.6 Å². The molecule has 0 fully saturated rings. The van der Waals surface area contributed by atoms with Gasteiger partial charge in [0.25, 0.3) is 6.43 Å². The minimum absolute atomic E-state index is 0.104. The maximum atomic E-state index is 13.5. The molecule has 0 aliphatic heterocycles. The molecular formula is C13H8ClF3. The Morgan fingerprint density at radius 1 is 0.882 bits per heavy atom. The van der Waals surface area contributed by atoms with Crippen LogP contribution in [0, 0.1) is 5.82 Å². The van der Waals surface area contributed by atoms with Crippen LogP contribution in [-0.2, 0) is 0 Å². The third-order valence-electron chi connectivity index (χ3n) is 2.43. The molecule has 0 unspecified atom stereocenters. The van der Waals surface area contributed by atoms with Crippen LogP contribution < -0.4 is 0 Å². The van der Waals surface area contributed by atoms with Crippen LogP contribution in [0.1, 0.15) is 12.0 Å². The summed E-state index contributed by atoms with van der Waals surface area (Å²) in [6.45, 7) is 0. The van der Waals surface area contributed by atoms with Crippen LogP contribution in [-0.4, -0.2) is 0 Å². The van der Waals surface area contributed by atoms with Gasteiger partial charge in [0.2, 0.25) is 0 Å². The molecule has 88 valence electrons. The van der Waals surface area contributed by atoms with Gasteiger partial charge in [-0.1, -0.05) is 48.0 Å². The molecule has 2 aromatic carbocycles. The number of hydrogen-bond donors (Lipinski definition) is 0. The Bertz CT molecular complexity index is 538. The molecule has 2 aromatic rings. The predicted molar refractivity (Wildman–Crippen MR) is 61.8 cm³/mol. The first-order valence-electron chi connectivity index (χ1n) is 4.92.